The second-order valence-corrected chi connectivity index (χ2v) is 2.41. The van der Waals surface area contributed by atoms with E-state index in [4.69, 9.17) is 5.73 Å². The molecule has 0 aliphatic heterocycles. The molecule has 12 heavy (non-hydrogen) atoms. The summed E-state index contributed by atoms with van der Waals surface area (Å²) in [6.45, 7) is 0.919. The van der Waals surface area contributed by atoms with E-state index in [1.54, 1.807) is 24.0 Å². The van der Waals surface area contributed by atoms with Gasteiger partial charge in [0.1, 0.15) is 0 Å². The first kappa shape index (κ1) is 8.73. The molecule has 1 rings (SSSR count). The highest BCUT2D eigenvalue weighted by molar-refractivity contribution is 5.90. The Morgan fingerprint density at radius 2 is 2.58 bits per heavy atom. The maximum Gasteiger partial charge on any atom is 0.287 e. The van der Waals surface area contributed by atoms with Gasteiger partial charge in [0.25, 0.3) is 5.91 Å². The van der Waals surface area contributed by atoms with Crippen molar-refractivity contribution in [3.05, 3.63) is 18.2 Å². The largest absolute Gasteiger partial charge is 0.348 e. The lowest BCUT2D eigenvalue weighted by molar-refractivity contribution is 0.0941. The molecule has 5 heteroatoms. The minimum Gasteiger partial charge on any atom is -0.348 e. The maximum atomic E-state index is 11.2. The number of amides is 1. The number of aromatic nitrogens is 2. The highest BCUT2D eigenvalue weighted by Gasteiger charge is 2.08. The van der Waals surface area contributed by atoms with E-state index in [9.17, 15) is 4.79 Å². The number of aryl methyl sites for hydroxylation is 1. The Kier molecular flexibility index (Phi) is 2.82. The van der Waals surface area contributed by atoms with E-state index in [1.807, 2.05) is 0 Å². The van der Waals surface area contributed by atoms with Crippen molar-refractivity contribution in [3.8, 4) is 0 Å². The first-order chi connectivity index (χ1) is 5.75. The summed E-state index contributed by atoms with van der Waals surface area (Å²) in [4.78, 5) is 15.1. The van der Waals surface area contributed by atoms with Gasteiger partial charge in [-0.3, -0.25) is 4.79 Å². The normalized spacial score (nSPS) is 9.83. The van der Waals surface area contributed by atoms with Crippen molar-refractivity contribution >= 4 is 5.91 Å². The van der Waals surface area contributed by atoms with E-state index in [2.05, 4.69) is 10.3 Å². The Morgan fingerprint density at radius 3 is 3.08 bits per heavy atom. The Balaban J connectivity index is 2.59. The van der Waals surface area contributed by atoms with Gasteiger partial charge in [0.2, 0.25) is 0 Å². The van der Waals surface area contributed by atoms with Gasteiger partial charge in [0, 0.05) is 32.5 Å². The van der Waals surface area contributed by atoms with Gasteiger partial charge in [-0.1, -0.05) is 0 Å². The lowest BCUT2D eigenvalue weighted by Gasteiger charge is -2.01. The third-order valence-electron chi connectivity index (χ3n) is 1.45. The van der Waals surface area contributed by atoms with Gasteiger partial charge in [0.15, 0.2) is 5.82 Å². The minimum atomic E-state index is -0.187. The fourth-order valence-corrected chi connectivity index (χ4v) is 0.849. The summed E-state index contributed by atoms with van der Waals surface area (Å²) < 4.78 is 1.66. The average molecular weight is 168 g/mol. The summed E-state index contributed by atoms with van der Waals surface area (Å²) in [7, 11) is 1.77. The predicted octanol–water partition coefficient (Wildman–Crippen LogP) is -0.891. The molecule has 0 spiro atoms. The Bertz CT molecular complexity index is 268. The number of carbonyl (C=O) groups is 1. The fraction of sp³-hybridized carbons (Fsp3) is 0.429. The van der Waals surface area contributed by atoms with E-state index in [0.717, 1.165) is 0 Å². The van der Waals surface area contributed by atoms with Gasteiger partial charge < -0.3 is 15.6 Å². The average Bonchev–Trinajstić information content (AvgIpc) is 2.47. The molecular weight excluding hydrogens is 156 g/mol. The van der Waals surface area contributed by atoms with Crippen LogP contribution in [0.1, 0.15) is 10.6 Å². The van der Waals surface area contributed by atoms with E-state index in [-0.39, 0.29) is 5.91 Å². The van der Waals surface area contributed by atoms with Crippen molar-refractivity contribution in [1.82, 2.24) is 14.9 Å². The molecule has 3 N–H and O–H groups in total. The summed E-state index contributed by atoms with van der Waals surface area (Å²) in [6, 6.07) is 0. The second kappa shape index (κ2) is 3.87. The lowest BCUT2D eigenvalue weighted by Crippen LogP contribution is -2.30. The van der Waals surface area contributed by atoms with Crippen LogP contribution in [0.5, 0.6) is 0 Å². The minimum absolute atomic E-state index is 0.187. The van der Waals surface area contributed by atoms with Crippen LogP contribution in [0.25, 0.3) is 0 Å². The predicted molar refractivity (Wildman–Crippen MR) is 44.6 cm³/mol. The molecule has 0 aromatic carbocycles. The van der Waals surface area contributed by atoms with Crippen LogP contribution in [0.2, 0.25) is 0 Å². The van der Waals surface area contributed by atoms with Gasteiger partial charge in [-0.15, -0.1) is 0 Å². The van der Waals surface area contributed by atoms with Crippen LogP contribution in [-0.2, 0) is 7.05 Å². The molecule has 0 bridgehead atoms. The molecule has 0 saturated heterocycles. The van der Waals surface area contributed by atoms with Gasteiger partial charge >= 0.3 is 0 Å². The van der Waals surface area contributed by atoms with Gasteiger partial charge in [-0.25, -0.2) is 4.98 Å². The first-order valence-corrected chi connectivity index (χ1v) is 3.71. The fourth-order valence-electron chi connectivity index (χ4n) is 0.849. The van der Waals surface area contributed by atoms with Crippen molar-refractivity contribution in [1.29, 1.82) is 0 Å². The Morgan fingerprint density at radius 1 is 1.83 bits per heavy atom. The number of nitrogens with two attached hydrogens (primary N) is 1. The molecule has 5 nitrogen and oxygen atoms in total. The number of nitrogens with one attached hydrogen (secondary N) is 1. The van der Waals surface area contributed by atoms with E-state index < -0.39 is 0 Å². The second-order valence-electron chi connectivity index (χ2n) is 2.41. The van der Waals surface area contributed by atoms with Crippen molar-refractivity contribution < 1.29 is 4.79 Å². The van der Waals surface area contributed by atoms with E-state index in [1.165, 1.54) is 0 Å². The number of hydrogen-bond donors (Lipinski definition) is 2. The number of hydrogen-bond acceptors (Lipinski definition) is 3. The van der Waals surface area contributed by atoms with Crippen LogP contribution in [-0.4, -0.2) is 28.5 Å². The van der Waals surface area contributed by atoms with Gasteiger partial charge in [-0.2, -0.15) is 0 Å². The molecule has 0 aliphatic carbocycles. The SMILES string of the molecule is Cn1ccnc1C(=O)NCCN. The zero-order valence-corrected chi connectivity index (χ0v) is 6.95. The first-order valence-electron chi connectivity index (χ1n) is 3.71. The zero-order chi connectivity index (χ0) is 8.97. The molecule has 0 fully saturated rings. The molecule has 0 unspecified atom stereocenters. The molecular formula is C7H12N4O. The quantitative estimate of drug-likeness (QED) is 0.615. The lowest BCUT2D eigenvalue weighted by atomic mass is 10.5. The number of nitrogens with zero attached hydrogens (tertiary/aromatic N) is 2. The number of carbonyl (C=O) groups excluding carboxylic acids is 1. The monoisotopic (exact) mass is 168 g/mol. The Labute approximate surface area is 70.6 Å². The highest BCUT2D eigenvalue weighted by Crippen LogP contribution is 1.92. The van der Waals surface area contributed by atoms with Crippen LogP contribution in [0.4, 0.5) is 0 Å². The van der Waals surface area contributed by atoms with Crippen molar-refractivity contribution in [2.75, 3.05) is 13.1 Å². The topological polar surface area (TPSA) is 72.9 Å². The summed E-state index contributed by atoms with van der Waals surface area (Å²) >= 11 is 0. The summed E-state index contributed by atoms with van der Waals surface area (Å²) in [5.74, 6) is 0.219. The standard InChI is InChI=1S/C7H12N4O/c1-11-5-4-9-6(11)7(12)10-3-2-8/h4-5H,2-3,8H2,1H3,(H,10,12). The molecule has 1 aromatic rings. The van der Waals surface area contributed by atoms with Gasteiger partial charge in [-0.05, 0) is 0 Å². The maximum absolute atomic E-state index is 11.2. The summed E-state index contributed by atoms with van der Waals surface area (Å²) in [5, 5.41) is 2.63. The third kappa shape index (κ3) is 1.82. The summed E-state index contributed by atoms with van der Waals surface area (Å²) in [5.41, 5.74) is 5.23. The van der Waals surface area contributed by atoms with Crippen molar-refractivity contribution in [2.24, 2.45) is 12.8 Å². The van der Waals surface area contributed by atoms with Crippen LogP contribution in [0.3, 0.4) is 0 Å². The van der Waals surface area contributed by atoms with Crippen molar-refractivity contribution in [3.63, 3.8) is 0 Å². The van der Waals surface area contributed by atoms with Crippen LogP contribution >= 0.6 is 0 Å². The summed E-state index contributed by atoms with van der Waals surface area (Å²) in [6.07, 6.45) is 3.30. The van der Waals surface area contributed by atoms with Crippen molar-refractivity contribution in [2.45, 2.75) is 0 Å². The molecule has 0 saturated carbocycles. The number of imidazole rings is 1. The van der Waals surface area contributed by atoms with E-state index >= 15 is 0 Å². The zero-order valence-electron chi connectivity index (χ0n) is 6.95. The highest BCUT2D eigenvalue weighted by atomic mass is 16.2. The third-order valence-corrected chi connectivity index (χ3v) is 1.45. The molecule has 1 aromatic heterocycles. The molecule has 0 radical (unpaired) electrons. The van der Waals surface area contributed by atoms with Crippen LogP contribution in [0.15, 0.2) is 12.4 Å². The molecule has 1 amide bonds. The molecule has 1 heterocycles. The van der Waals surface area contributed by atoms with E-state index in [0.29, 0.717) is 18.9 Å². The van der Waals surface area contributed by atoms with Crippen LogP contribution in [0, 0.1) is 0 Å². The molecule has 0 atom stereocenters. The van der Waals surface area contributed by atoms with Crippen LogP contribution < -0.4 is 11.1 Å². The smallest absolute Gasteiger partial charge is 0.287 e. The molecule has 66 valence electrons. The Hall–Kier alpha value is -1.36. The molecule has 0 aliphatic rings. The van der Waals surface area contributed by atoms with Gasteiger partial charge in [0.05, 0.1) is 0 Å². The number of rotatable bonds is 3.